The van der Waals surface area contributed by atoms with Crippen LogP contribution in [0.1, 0.15) is 46.0 Å². The van der Waals surface area contributed by atoms with Crippen molar-refractivity contribution in [1.82, 2.24) is 5.32 Å². The monoisotopic (exact) mass is 289 g/mol. The summed E-state index contributed by atoms with van der Waals surface area (Å²) in [4.78, 5) is 11.8. The fourth-order valence-corrected chi connectivity index (χ4v) is 6.24. The number of hydrogen-bond acceptors (Lipinski definition) is 3. The molecule has 1 saturated heterocycles. The second kappa shape index (κ2) is 4.42. The molecule has 0 amide bonds. The van der Waals surface area contributed by atoms with Crippen LogP contribution < -0.4 is 5.32 Å². The van der Waals surface area contributed by atoms with E-state index in [9.17, 15) is 9.90 Å². The molecular weight excluding hydrogens is 262 g/mol. The second-order valence-corrected chi connectivity index (χ2v) is 8.44. The van der Waals surface area contributed by atoms with E-state index in [0.717, 1.165) is 38.8 Å². The summed E-state index contributed by atoms with van der Waals surface area (Å²) in [6.45, 7) is 6.83. The molecule has 3 aliphatic carbocycles. The fourth-order valence-electron chi connectivity index (χ4n) is 6.24. The molecule has 0 aromatic carbocycles. The number of fused-ring (bicyclic) bond motifs is 5. The van der Waals surface area contributed by atoms with Gasteiger partial charge in [-0.25, -0.2) is 0 Å². The lowest BCUT2D eigenvalue weighted by Gasteiger charge is -2.58. The van der Waals surface area contributed by atoms with Crippen molar-refractivity contribution >= 4 is 5.78 Å². The molecule has 3 heteroatoms. The van der Waals surface area contributed by atoms with Crippen molar-refractivity contribution in [2.24, 2.45) is 28.6 Å². The van der Waals surface area contributed by atoms with Crippen LogP contribution in [0, 0.1) is 28.6 Å². The Morgan fingerprint density at radius 3 is 2.95 bits per heavy atom. The van der Waals surface area contributed by atoms with E-state index in [4.69, 9.17) is 0 Å². The first-order valence-corrected chi connectivity index (χ1v) is 8.57. The van der Waals surface area contributed by atoms with E-state index in [1.807, 2.05) is 6.08 Å². The summed E-state index contributed by atoms with van der Waals surface area (Å²) in [5.41, 5.74) is 1.65. The topological polar surface area (TPSA) is 49.3 Å². The number of aliphatic hydroxyl groups is 1. The lowest BCUT2D eigenvalue weighted by molar-refractivity contribution is -0.125. The predicted octanol–water partition coefficient (Wildman–Crippen LogP) is 2.30. The van der Waals surface area contributed by atoms with Crippen molar-refractivity contribution in [1.29, 1.82) is 0 Å². The van der Waals surface area contributed by atoms with Crippen LogP contribution in [0.4, 0.5) is 0 Å². The quantitative estimate of drug-likeness (QED) is 0.719. The number of ketones is 1. The first-order chi connectivity index (χ1) is 9.94. The van der Waals surface area contributed by atoms with Gasteiger partial charge in [0.15, 0.2) is 5.78 Å². The molecule has 0 bridgehead atoms. The molecule has 0 spiro atoms. The minimum Gasteiger partial charge on any atom is -0.393 e. The van der Waals surface area contributed by atoms with Crippen LogP contribution in [0.25, 0.3) is 0 Å². The van der Waals surface area contributed by atoms with Gasteiger partial charge in [-0.15, -0.1) is 0 Å². The van der Waals surface area contributed by atoms with Crippen LogP contribution in [0.5, 0.6) is 0 Å². The highest BCUT2D eigenvalue weighted by atomic mass is 16.3. The normalized spacial score (nSPS) is 52.7. The van der Waals surface area contributed by atoms with E-state index in [1.54, 1.807) is 0 Å². The van der Waals surface area contributed by atoms with Crippen LogP contribution >= 0.6 is 0 Å². The molecule has 3 nitrogen and oxygen atoms in total. The van der Waals surface area contributed by atoms with Gasteiger partial charge in [-0.2, -0.15) is 0 Å². The molecule has 21 heavy (non-hydrogen) atoms. The summed E-state index contributed by atoms with van der Waals surface area (Å²) in [6, 6.07) is 0. The van der Waals surface area contributed by atoms with E-state index in [1.165, 1.54) is 5.57 Å². The molecule has 116 valence electrons. The Morgan fingerprint density at radius 1 is 1.33 bits per heavy atom. The Bertz CT molecular complexity index is 513. The number of nitrogens with one attached hydrogen (secondary N) is 1. The van der Waals surface area contributed by atoms with Crippen LogP contribution in [0.15, 0.2) is 11.6 Å². The second-order valence-electron chi connectivity index (χ2n) is 8.44. The maximum Gasteiger partial charge on any atom is 0.155 e. The maximum atomic E-state index is 11.8. The molecule has 2 saturated carbocycles. The molecule has 0 radical (unpaired) electrons. The van der Waals surface area contributed by atoms with E-state index < -0.39 is 0 Å². The summed E-state index contributed by atoms with van der Waals surface area (Å²) in [5.74, 6) is 1.95. The molecule has 1 aliphatic heterocycles. The van der Waals surface area contributed by atoms with Gasteiger partial charge in [-0.1, -0.05) is 19.4 Å². The van der Waals surface area contributed by atoms with Gasteiger partial charge in [-0.3, -0.25) is 4.79 Å². The standard InChI is InChI=1S/C18H27NO2/c1-17-8-15(21)16-13(14(17)9-19-10-17)4-3-11-7-12(20)5-6-18(11,16)2/h7,13-16,19,21H,3-6,8-10H2,1-2H3/t13?,14?,15-,16?,17+,18-/m0/s1. The molecule has 0 aromatic heterocycles. The average molecular weight is 289 g/mol. The summed E-state index contributed by atoms with van der Waals surface area (Å²) in [7, 11) is 0. The Balaban J connectivity index is 1.74. The minimum absolute atomic E-state index is 0.0557. The zero-order chi connectivity index (χ0) is 14.8. The number of aliphatic hydroxyl groups excluding tert-OH is 1. The lowest BCUT2D eigenvalue weighted by atomic mass is 9.46. The van der Waals surface area contributed by atoms with E-state index in [-0.39, 0.29) is 16.9 Å². The van der Waals surface area contributed by atoms with Gasteiger partial charge in [0, 0.05) is 13.0 Å². The third kappa shape index (κ3) is 1.83. The molecule has 1 heterocycles. The highest BCUT2D eigenvalue weighted by Crippen LogP contribution is 2.62. The van der Waals surface area contributed by atoms with Crippen LogP contribution in [0.2, 0.25) is 0 Å². The van der Waals surface area contributed by atoms with Crippen molar-refractivity contribution in [3.63, 3.8) is 0 Å². The van der Waals surface area contributed by atoms with Gasteiger partial charge in [-0.05, 0) is 66.9 Å². The third-order valence-corrected chi connectivity index (χ3v) is 7.30. The van der Waals surface area contributed by atoms with Gasteiger partial charge in [0.25, 0.3) is 0 Å². The first-order valence-electron chi connectivity index (χ1n) is 8.57. The molecule has 0 aromatic rings. The maximum absolute atomic E-state index is 11.8. The van der Waals surface area contributed by atoms with Gasteiger partial charge in [0.2, 0.25) is 0 Å². The Morgan fingerprint density at radius 2 is 2.14 bits per heavy atom. The third-order valence-electron chi connectivity index (χ3n) is 7.30. The van der Waals surface area contributed by atoms with Crippen molar-refractivity contribution in [2.75, 3.05) is 13.1 Å². The number of carbonyl (C=O) groups is 1. The summed E-state index contributed by atoms with van der Waals surface area (Å²) < 4.78 is 0. The Hall–Kier alpha value is -0.670. The SMILES string of the molecule is C[C@@]12CNCC1C1CCC3=CC(=O)CC[C@]3(C)C1[C@@H](O)C2. The number of hydrogen-bond donors (Lipinski definition) is 2. The summed E-state index contributed by atoms with van der Waals surface area (Å²) in [6.07, 6.45) is 6.43. The summed E-state index contributed by atoms with van der Waals surface area (Å²) >= 11 is 0. The molecule has 6 atom stereocenters. The Kier molecular flexibility index (Phi) is 2.94. The molecule has 4 aliphatic rings. The number of carbonyl (C=O) groups excluding carboxylic acids is 1. The van der Waals surface area contributed by atoms with Gasteiger partial charge in [0.1, 0.15) is 0 Å². The number of allylic oxidation sites excluding steroid dienone is 2. The molecule has 4 rings (SSSR count). The van der Waals surface area contributed by atoms with E-state index >= 15 is 0 Å². The molecule has 3 unspecified atom stereocenters. The number of rotatable bonds is 0. The minimum atomic E-state index is -0.210. The van der Waals surface area contributed by atoms with Crippen molar-refractivity contribution in [2.45, 2.75) is 52.1 Å². The molecule has 3 fully saturated rings. The molecular formula is C18H27NO2. The average Bonchev–Trinajstić information content (AvgIpc) is 2.80. The predicted molar refractivity (Wildman–Crippen MR) is 81.7 cm³/mol. The van der Waals surface area contributed by atoms with Crippen molar-refractivity contribution in [3.05, 3.63) is 11.6 Å². The van der Waals surface area contributed by atoms with E-state index in [0.29, 0.717) is 30.0 Å². The zero-order valence-corrected chi connectivity index (χ0v) is 13.2. The smallest absolute Gasteiger partial charge is 0.155 e. The van der Waals surface area contributed by atoms with Crippen molar-refractivity contribution < 1.29 is 9.90 Å². The molecule has 2 N–H and O–H groups in total. The fraction of sp³-hybridized carbons (Fsp3) is 0.833. The lowest BCUT2D eigenvalue weighted by Crippen LogP contribution is -2.56. The van der Waals surface area contributed by atoms with Gasteiger partial charge >= 0.3 is 0 Å². The van der Waals surface area contributed by atoms with Crippen LogP contribution in [-0.2, 0) is 4.79 Å². The largest absolute Gasteiger partial charge is 0.393 e. The van der Waals surface area contributed by atoms with Crippen LogP contribution in [0.3, 0.4) is 0 Å². The highest BCUT2D eigenvalue weighted by molar-refractivity contribution is 5.91. The zero-order valence-electron chi connectivity index (χ0n) is 13.2. The van der Waals surface area contributed by atoms with Gasteiger partial charge < -0.3 is 10.4 Å². The Labute approximate surface area is 127 Å². The first kappa shape index (κ1) is 14.0. The van der Waals surface area contributed by atoms with Crippen LogP contribution in [-0.4, -0.2) is 30.1 Å². The van der Waals surface area contributed by atoms with E-state index in [2.05, 4.69) is 19.2 Å². The highest BCUT2D eigenvalue weighted by Gasteiger charge is 2.59. The summed E-state index contributed by atoms with van der Waals surface area (Å²) in [5, 5.41) is 14.5. The van der Waals surface area contributed by atoms with Crippen molar-refractivity contribution in [3.8, 4) is 0 Å². The van der Waals surface area contributed by atoms with Gasteiger partial charge in [0.05, 0.1) is 6.10 Å².